The normalized spacial score (nSPS) is 13.8. The molecule has 4 heteroatoms. The van der Waals surface area contributed by atoms with Gasteiger partial charge in [-0.05, 0) is 43.7 Å². The van der Waals surface area contributed by atoms with Crippen molar-refractivity contribution in [2.24, 2.45) is 0 Å². The molecule has 0 aliphatic heterocycles. The van der Waals surface area contributed by atoms with E-state index in [1.165, 1.54) is 16.9 Å². The Morgan fingerprint density at radius 1 is 1.44 bits per heavy atom. The number of carbonyl (C=O) groups is 1. The van der Waals surface area contributed by atoms with Gasteiger partial charge >= 0.3 is 0 Å². The summed E-state index contributed by atoms with van der Waals surface area (Å²) in [6.07, 6.45) is 5.09. The van der Waals surface area contributed by atoms with Crippen molar-refractivity contribution in [1.29, 1.82) is 0 Å². The number of aliphatic hydroxyl groups is 1. The molecule has 2 rings (SSSR count). The molecule has 2 N–H and O–H groups in total. The van der Waals surface area contributed by atoms with Crippen LogP contribution in [0.25, 0.3) is 0 Å². The molecule has 0 saturated carbocycles. The van der Waals surface area contributed by atoms with Crippen molar-refractivity contribution in [3.63, 3.8) is 0 Å². The van der Waals surface area contributed by atoms with E-state index in [-0.39, 0.29) is 12.5 Å². The minimum absolute atomic E-state index is 0.0392. The van der Waals surface area contributed by atoms with Crippen molar-refractivity contribution >= 4 is 17.2 Å². The molecule has 0 radical (unpaired) electrons. The third-order valence-corrected chi connectivity index (χ3v) is 4.08. The highest BCUT2D eigenvalue weighted by Crippen LogP contribution is 2.30. The third kappa shape index (κ3) is 2.62. The maximum atomic E-state index is 11.8. The van der Waals surface area contributed by atoms with Gasteiger partial charge in [-0.15, -0.1) is 11.3 Å². The molecule has 0 aromatic carbocycles. The number of hydrogen-bond donors (Lipinski definition) is 2. The fraction of sp³-hybridized carbons (Fsp3) is 0.583. The minimum Gasteiger partial charge on any atom is -0.396 e. The van der Waals surface area contributed by atoms with Crippen LogP contribution in [-0.4, -0.2) is 24.2 Å². The van der Waals surface area contributed by atoms with Gasteiger partial charge in [0.05, 0.1) is 4.88 Å². The van der Waals surface area contributed by atoms with Crippen LogP contribution in [0.15, 0.2) is 6.07 Å². The second kappa shape index (κ2) is 5.46. The first kappa shape index (κ1) is 11.6. The SMILES string of the molecule is O=C(NCCCCO)c1cc2c(s1)CCC2. The van der Waals surface area contributed by atoms with Crippen LogP contribution in [0.4, 0.5) is 0 Å². The molecular formula is C12H17NO2S. The quantitative estimate of drug-likeness (QED) is 0.769. The largest absolute Gasteiger partial charge is 0.396 e. The van der Waals surface area contributed by atoms with E-state index in [2.05, 4.69) is 5.32 Å². The van der Waals surface area contributed by atoms with Crippen molar-refractivity contribution in [3.05, 3.63) is 21.4 Å². The molecule has 16 heavy (non-hydrogen) atoms. The van der Waals surface area contributed by atoms with Gasteiger partial charge in [0.25, 0.3) is 5.91 Å². The Hall–Kier alpha value is -0.870. The van der Waals surface area contributed by atoms with Crippen LogP contribution in [0.2, 0.25) is 0 Å². The van der Waals surface area contributed by atoms with Crippen molar-refractivity contribution in [3.8, 4) is 0 Å². The van der Waals surface area contributed by atoms with Gasteiger partial charge in [-0.3, -0.25) is 4.79 Å². The summed E-state index contributed by atoms with van der Waals surface area (Å²) in [5.41, 5.74) is 1.37. The highest BCUT2D eigenvalue weighted by Gasteiger charge is 2.17. The topological polar surface area (TPSA) is 49.3 Å². The van der Waals surface area contributed by atoms with Crippen molar-refractivity contribution in [2.45, 2.75) is 32.1 Å². The van der Waals surface area contributed by atoms with E-state index in [4.69, 9.17) is 5.11 Å². The average Bonchev–Trinajstić information content (AvgIpc) is 2.83. The van der Waals surface area contributed by atoms with Gasteiger partial charge in [0, 0.05) is 18.0 Å². The second-order valence-corrected chi connectivity index (χ2v) is 5.24. The molecule has 0 atom stereocenters. The molecule has 1 aliphatic carbocycles. The van der Waals surface area contributed by atoms with Gasteiger partial charge < -0.3 is 10.4 Å². The summed E-state index contributed by atoms with van der Waals surface area (Å²) in [6.45, 7) is 0.852. The van der Waals surface area contributed by atoms with E-state index in [9.17, 15) is 4.79 Å². The van der Waals surface area contributed by atoms with E-state index in [1.807, 2.05) is 6.07 Å². The summed E-state index contributed by atoms with van der Waals surface area (Å²) < 4.78 is 0. The zero-order chi connectivity index (χ0) is 11.4. The number of hydrogen-bond acceptors (Lipinski definition) is 3. The molecule has 0 unspecified atom stereocenters. The summed E-state index contributed by atoms with van der Waals surface area (Å²) >= 11 is 1.63. The van der Waals surface area contributed by atoms with E-state index < -0.39 is 0 Å². The van der Waals surface area contributed by atoms with Crippen LogP contribution in [0, 0.1) is 0 Å². The molecule has 0 saturated heterocycles. The van der Waals surface area contributed by atoms with Gasteiger partial charge in [-0.25, -0.2) is 0 Å². The van der Waals surface area contributed by atoms with Crippen molar-refractivity contribution < 1.29 is 9.90 Å². The molecule has 0 spiro atoms. The summed E-state index contributed by atoms with van der Waals surface area (Å²) in [5.74, 6) is 0.0392. The van der Waals surface area contributed by atoms with Crippen LogP contribution in [0.3, 0.4) is 0 Å². The summed E-state index contributed by atoms with van der Waals surface area (Å²) in [6, 6.07) is 2.04. The minimum atomic E-state index is 0.0392. The van der Waals surface area contributed by atoms with Gasteiger partial charge in [0.1, 0.15) is 0 Å². The second-order valence-electron chi connectivity index (χ2n) is 4.10. The van der Waals surface area contributed by atoms with E-state index in [1.54, 1.807) is 11.3 Å². The van der Waals surface area contributed by atoms with E-state index in [0.717, 1.165) is 30.6 Å². The summed E-state index contributed by atoms with van der Waals surface area (Å²) in [4.78, 5) is 14.0. The number of amides is 1. The maximum Gasteiger partial charge on any atom is 0.261 e. The molecule has 3 nitrogen and oxygen atoms in total. The number of rotatable bonds is 5. The first-order valence-corrected chi connectivity index (χ1v) is 6.63. The van der Waals surface area contributed by atoms with Crippen LogP contribution >= 0.6 is 11.3 Å². The third-order valence-electron chi connectivity index (χ3n) is 2.84. The predicted octanol–water partition coefficient (Wildman–Crippen LogP) is 1.74. The number of carbonyl (C=O) groups excluding carboxylic acids is 1. The lowest BCUT2D eigenvalue weighted by atomic mass is 10.2. The highest BCUT2D eigenvalue weighted by atomic mass is 32.1. The summed E-state index contributed by atoms with van der Waals surface area (Å²) in [5, 5.41) is 11.5. The molecule has 1 aromatic heterocycles. The standard InChI is InChI=1S/C12H17NO2S/c14-7-2-1-6-13-12(15)11-8-9-4-3-5-10(9)16-11/h8,14H,1-7H2,(H,13,15). The molecular weight excluding hydrogens is 222 g/mol. The number of aliphatic hydroxyl groups excluding tert-OH is 1. The Bertz CT molecular complexity index is 352. The van der Waals surface area contributed by atoms with Crippen molar-refractivity contribution in [1.82, 2.24) is 5.32 Å². The smallest absolute Gasteiger partial charge is 0.261 e. The zero-order valence-electron chi connectivity index (χ0n) is 9.29. The molecule has 88 valence electrons. The number of aryl methyl sites for hydroxylation is 2. The monoisotopic (exact) mass is 239 g/mol. The molecule has 1 heterocycles. The van der Waals surface area contributed by atoms with Crippen LogP contribution in [0.1, 0.15) is 39.4 Å². The molecule has 0 bridgehead atoms. The molecule has 0 fully saturated rings. The van der Waals surface area contributed by atoms with Crippen LogP contribution in [-0.2, 0) is 12.8 Å². The van der Waals surface area contributed by atoms with E-state index >= 15 is 0 Å². The van der Waals surface area contributed by atoms with Gasteiger partial charge in [-0.1, -0.05) is 0 Å². The average molecular weight is 239 g/mol. The van der Waals surface area contributed by atoms with Gasteiger partial charge in [-0.2, -0.15) is 0 Å². The highest BCUT2D eigenvalue weighted by molar-refractivity contribution is 7.14. The van der Waals surface area contributed by atoms with Crippen molar-refractivity contribution in [2.75, 3.05) is 13.2 Å². The van der Waals surface area contributed by atoms with Crippen LogP contribution in [0.5, 0.6) is 0 Å². The number of unbranched alkanes of at least 4 members (excludes halogenated alkanes) is 1. The Balaban J connectivity index is 1.84. The Kier molecular flexibility index (Phi) is 3.96. The zero-order valence-corrected chi connectivity index (χ0v) is 10.1. The molecule has 1 amide bonds. The Morgan fingerprint density at radius 2 is 2.31 bits per heavy atom. The summed E-state index contributed by atoms with van der Waals surface area (Å²) in [7, 11) is 0. The van der Waals surface area contributed by atoms with Crippen LogP contribution < -0.4 is 5.32 Å². The Labute approximate surface area is 99.5 Å². The fourth-order valence-electron chi connectivity index (χ4n) is 1.97. The lowest BCUT2D eigenvalue weighted by Crippen LogP contribution is -2.23. The first-order valence-electron chi connectivity index (χ1n) is 5.82. The Morgan fingerprint density at radius 3 is 3.06 bits per heavy atom. The molecule has 1 aliphatic rings. The van der Waals surface area contributed by atoms with E-state index in [0.29, 0.717) is 6.54 Å². The number of nitrogens with one attached hydrogen (secondary N) is 1. The lowest BCUT2D eigenvalue weighted by molar-refractivity contribution is 0.0956. The van der Waals surface area contributed by atoms with Gasteiger partial charge in [0.2, 0.25) is 0 Å². The molecule has 1 aromatic rings. The fourth-order valence-corrected chi connectivity index (χ4v) is 3.14. The lowest BCUT2D eigenvalue weighted by Gasteiger charge is -2.02. The van der Waals surface area contributed by atoms with Gasteiger partial charge in [0.15, 0.2) is 0 Å². The first-order chi connectivity index (χ1) is 7.81. The predicted molar refractivity (Wildman–Crippen MR) is 65.0 cm³/mol. The number of thiophene rings is 1. The number of fused-ring (bicyclic) bond motifs is 1. The maximum absolute atomic E-state index is 11.8.